The summed E-state index contributed by atoms with van der Waals surface area (Å²) in [5, 5.41) is 0. The molecule has 0 amide bonds. The van der Waals surface area contributed by atoms with Gasteiger partial charge < -0.3 is 18.9 Å². The molecule has 7 heteroatoms. The van der Waals surface area contributed by atoms with Gasteiger partial charge in [-0.3, -0.25) is 9.59 Å². The topological polar surface area (TPSA) is 91.4 Å². The van der Waals surface area contributed by atoms with Crippen LogP contribution in [0.15, 0.2) is 22.8 Å². The fourth-order valence-electron chi connectivity index (χ4n) is 5.08. The maximum absolute atomic E-state index is 12.9. The van der Waals surface area contributed by atoms with Crippen molar-refractivity contribution in [2.24, 2.45) is 17.8 Å². The number of fused-ring (bicyclic) bond motifs is 3. The smallest absolute Gasteiger partial charge is 0.341 e. The Morgan fingerprint density at radius 1 is 1.21 bits per heavy atom. The van der Waals surface area contributed by atoms with E-state index in [2.05, 4.69) is 6.08 Å². The van der Waals surface area contributed by atoms with Gasteiger partial charge in [0.15, 0.2) is 11.7 Å². The average Bonchev–Trinajstić information content (AvgIpc) is 2.97. The zero-order chi connectivity index (χ0) is 21.2. The van der Waals surface area contributed by atoms with Gasteiger partial charge in [0.2, 0.25) is 0 Å². The van der Waals surface area contributed by atoms with Crippen molar-refractivity contribution in [1.82, 2.24) is 0 Å². The first kappa shape index (κ1) is 20.1. The van der Waals surface area contributed by atoms with Gasteiger partial charge in [-0.25, -0.2) is 4.79 Å². The second-order valence-corrected chi connectivity index (χ2v) is 8.87. The average molecular weight is 404 g/mol. The van der Waals surface area contributed by atoms with Gasteiger partial charge in [0, 0.05) is 12.8 Å². The molecule has 29 heavy (non-hydrogen) atoms. The van der Waals surface area contributed by atoms with Crippen LogP contribution in [0.25, 0.3) is 0 Å². The van der Waals surface area contributed by atoms with Crippen molar-refractivity contribution >= 4 is 17.9 Å². The number of ether oxygens (including phenoxy) is 4. The lowest BCUT2D eigenvalue weighted by Gasteiger charge is -2.33. The van der Waals surface area contributed by atoms with Crippen molar-refractivity contribution in [2.75, 3.05) is 0 Å². The standard InChI is InChI=1S/C22H28O7/c1-9-7-8-14-10(2)17(26-13(5)23)19(28-21(25)22(6)12(4)29-22)16-11(3)20(24)27-18(16)15(9)14/h7,11-12,15-19H,8H2,1-6H3/t11-,12+,15-,16-,17+,18+,19+,22-/m0/s1. The Morgan fingerprint density at radius 3 is 2.45 bits per heavy atom. The quantitative estimate of drug-likeness (QED) is 0.309. The highest BCUT2D eigenvalue weighted by atomic mass is 16.7. The summed E-state index contributed by atoms with van der Waals surface area (Å²) in [5.41, 5.74) is 2.05. The zero-order valence-corrected chi connectivity index (χ0v) is 17.7. The summed E-state index contributed by atoms with van der Waals surface area (Å²) in [7, 11) is 0. The molecule has 2 saturated heterocycles. The Bertz CT molecular complexity index is 840. The van der Waals surface area contributed by atoms with Crippen LogP contribution in [0.3, 0.4) is 0 Å². The predicted octanol–water partition coefficient (Wildman–Crippen LogP) is 2.48. The normalized spacial score (nSPS) is 43.0. The summed E-state index contributed by atoms with van der Waals surface area (Å²) in [6, 6.07) is 0. The third-order valence-corrected chi connectivity index (χ3v) is 7.11. The number of esters is 3. The van der Waals surface area contributed by atoms with Crippen molar-refractivity contribution in [3.63, 3.8) is 0 Å². The number of carbonyl (C=O) groups is 3. The minimum atomic E-state index is -1.01. The summed E-state index contributed by atoms with van der Waals surface area (Å²) >= 11 is 0. The van der Waals surface area contributed by atoms with Crippen LogP contribution in [-0.4, -0.2) is 47.9 Å². The van der Waals surface area contributed by atoms with Crippen LogP contribution in [-0.2, 0) is 33.3 Å². The minimum Gasteiger partial charge on any atom is -0.461 e. The number of epoxide rings is 1. The fourth-order valence-corrected chi connectivity index (χ4v) is 5.08. The number of hydrogen-bond donors (Lipinski definition) is 0. The molecule has 0 aromatic rings. The van der Waals surface area contributed by atoms with Crippen LogP contribution >= 0.6 is 0 Å². The van der Waals surface area contributed by atoms with Gasteiger partial charge in [-0.2, -0.15) is 0 Å². The van der Waals surface area contributed by atoms with E-state index in [9.17, 15) is 14.4 Å². The van der Waals surface area contributed by atoms with Gasteiger partial charge in [-0.1, -0.05) is 24.1 Å². The molecule has 0 bridgehead atoms. The molecule has 2 fully saturated rings. The molecule has 4 rings (SSSR count). The molecule has 0 unspecified atom stereocenters. The second-order valence-electron chi connectivity index (χ2n) is 8.87. The van der Waals surface area contributed by atoms with E-state index in [4.69, 9.17) is 18.9 Å². The number of allylic oxidation sites excluding steroid dienone is 1. The van der Waals surface area contributed by atoms with Crippen molar-refractivity contribution < 1.29 is 33.3 Å². The van der Waals surface area contributed by atoms with Crippen molar-refractivity contribution in [1.29, 1.82) is 0 Å². The van der Waals surface area contributed by atoms with Crippen LogP contribution < -0.4 is 0 Å². The molecule has 0 aromatic heterocycles. The SMILES string of the molecule is CC(=O)O[C@@H]1C(C)=C2CC=C(C)[C@@H]2[C@H]2OC(=O)[C@@H](C)[C@@H]2[C@H]1OC(=O)[C@@]1(C)O[C@@H]1C. The zero-order valence-electron chi connectivity index (χ0n) is 17.7. The molecule has 0 saturated carbocycles. The Labute approximate surface area is 170 Å². The Kier molecular flexibility index (Phi) is 4.64. The third-order valence-electron chi connectivity index (χ3n) is 7.11. The first-order valence-corrected chi connectivity index (χ1v) is 10.2. The number of rotatable bonds is 3. The number of carbonyl (C=O) groups excluding carboxylic acids is 3. The lowest BCUT2D eigenvalue weighted by Crippen LogP contribution is -2.47. The third kappa shape index (κ3) is 3.01. The summed E-state index contributed by atoms with van der Waals surface area (Å²) in [6.45, 7) is 10.5. The molecule has 0 N–H and O–H groups in total. The maximum Gasteiger partial charge on any atom is 0.341 e. The highest BCUT2D eigenvalue weighted by Crippen LogP contribution is 2.50. The van der Waals surface area contributed by atoms with Crippen LogP contribution in [0.5, 0.6) is 0 Å². The largest absolute Gasteiger partial charge is 0.461 e. The molecule has 8 atom stereocenters. The molecule has 7 nitrogen and oxygen atoms in total. The lowest BCUT2D eigenvalue weighted by atomic mass is 9.79. The van der Waals surface area contributed by atoms with Crippen LogP contribution in [0.1, 0.15) is 48.0 Å². The minimum absolute atomic E-state index is 0.0812. The van der Waals surface area contributed by atoms with Gasteiger partial charge >= 0.3 is 17.9 Å². The molecule has 0 spiro atoms. The molecule has 0 radical (unpaired) electrons. The Balaban J connectivity index is 1.79. The monoisotopic (exact) mass is 404 g/mol. The van der Waals surface area contributed by atoms with Crippen molar-refractivity contribution in [3.05, 3.63) is 22.8 Å². The van der Waals surface area contributed by atoms with E-state index in [1.165, 1.54) is 6.92 Å². The van der Waals surface area contributed by atoms with Crippen LogP contribution in [0.2, 0.25) is 0 Å². The van der Waals surface area contributed by atoms with E-state index in [1.54, 1.807) is 20.8 Å². The predicted molar refractivity (Wildman–Crippen MR) is 101 cm³/mol. The highest BCUT2D eigenvalue weighted by molar-refractivity contribution is 5.83. The Morgan fingerprint density at radius 2 is 1.86 bits per heavy atom. The van der Waals surface area contributed by atoms with E-state index in [1.807, 2.05) is 13.8 Å². The van der Waals surface area contributed by atoms with Gasteiger partial charge in [0.05, 0.1) is 17.9 Å². The molecule has 2 aliphatic heterocycles. The summed E-state index contributed by atoms with van der Waals surface area (Å²) in [4.78, 5) is 37.4. The van der Waals surface area contributed by atoms with E-state index in [-0.39, 0.29) is 18.0 Å². The molecule has 2 heterocycles. The Hall–Kier alpha value is -2.15. The van der Waals surface area contributed by atoms with E-state index < -0.39 is 47.7 Å². The molecular weight excluding hydrogens is 376 g/mol. The first-order valence-electron chi connectivity index (χ1n) is 10.2. The summed E-state index contributed by atoms with van der Waals surface area (Å²) < 4.78 is 22.9. The van der Waals surface area contributed by atoms with Crippen LogP contribution in [0.4, 0.5) is 0 Å². The van der Waals surface area contributed by atoms with Crippen molar-refractivity contribution in [2.45, 2.75) is 78.0 Å². The molecule has 0 aromatic carbocycles. The summed E-state index contributed by atoms with van der Waals surface area (Å²) in [6.07, 6.45) is 0.537. The van der Waals surface area contributed by atoms with Crippen LogP contribution in [0, 0.1) is 17.8 Å². The molecule has 2 aliphatic carbocycles. The lowest BCUT2D eigenvalue weighted by molar-refractivity contribution is -0.174. The first-order chi connectivity index (χ1) is 13.6. The highest BCUT2D eigenvalue weighted by Gasteiger charge is 2.61. The van der Waals surface area contributed by atoms with Gasteiger partial charge in [0.25, 0.3) is 0 Å². The van der Waals surface area contributed by atoms with E-state index in [0.29, 0.717) is 6.42 Å². The van der Waals surface area contributed by atoms with Gasteiger partial charge in [0.1, 0.15) is 12.2 Å². The van der Waals surface area contributed by atoms with E-state index >= 15 is 0 Å². The van der Waals surface area contributed by atoms with E-state index in [0.717, 1.165) is 16.7 Å². The van der Waals surface area contributed by atoms with Gasteiger partial charge in [-0.05, 0) is 39.7 Å². The number of hydrogen-bond acceptors (Lipinski definition) is 7. The van der Waals surface area contributed by atoms with Gasteiger partial charge in [-0.15, -0.1) is 0 Å². The molecule has 158 valence electrons. The maximum atomic E-state index is 12.9. The second kappa shape index (κ2) is 6.69. The molecule has 4 aliphatic rings. The molecular formula is C22H28O7. The summed E-state index contributed by atoms with van der Waals surface area (Å²) in [5.74, 6) is -2.27. The fraction of sp³-hybridized carbons (Fsp3) is 0.682. The van der Waals surface area contributed by atoms with Crippen molar-refractivity contribution in [3.8, 4) is 0 Å².